The second-order valence-electron chi connectivity index (χ2n) is 6.13. The summed E-state index contributed by atoms with van der Waals surface area (Å²) in [7, 11) is 0. The van der Waals surface area contributed by atoms with Crippen molar-refractivity contribution < 1.29 is 9.21 Å². The fraction of sp³-hybridized carbons (Fsp3) is 0.211. The van der Waals surface area contributed by atoms with Crippen molar-refractivity contribution in [2.75, 3.05) is 11.1 Å². The van der Waals surface area contributed by atoms with Gasteiger partial charge >= 0.3 is 0 Å². The number of anilines is 2. The van der Waals surface area contributed by atoms with Crippen LogP contribution in [0.4, 0.5) is 11.8 Å². The summed E-state index contributed by atoms with van der Waals surface area (Å²) in [5, 5.41) is 3.10. The molecule has 1 unspecified atom stereocenters. The van der Waals surface area contributed by atoms with Crippen molar-refractivity contribution in [3.05, 3.63) is 71.3 Å². The van der Waals surface area contributed by atoms with Gasteiger partial charge in [0, 0.05) is 6.42 Å². The molecule has 1 aromatic carbocycles. The summed E-state index contributed by atoms with van der Waals surface area (Å²) in [6, 6.07) is 13.7. The fourth-order valence-electron chi connectivity index (χ4n) is 3.23. The highest BCUT2D eigenvalue weighted by molar-refractivity contribution is 6.02. The second-order valence-corrected chi connectivity index (χ2v) is 6.13. The Bertz CT molecular complexity index is 891. The normalized spacial score (nSPS) is 16.5. The van der Waals surface area contributed by atoms with Crippen LogP contribution in [-0.4, -0.2) is 15.8 Å². The summed E-state index contributed by atoms with van der Waals surface area (Å²) in [5.74, 6) is 1.55. The number of nitrogen functional groups attached to an aromatic ring is 1. The Labute approximate surface area is 145 Å². The smallest absolute Gasteiger partial charge is 0.225 e. The van der Waals surface area contributed by atoms with Crippen LogP contribution in [0.3, 0.4) is 0 Å². The van der Waals surface area contributed by atoms with Crippen LogP contribution < -0.4 is 11.1 Å². The van der Waals surface area contributed by atoms with E-state index in [4.69, 9.17) is 10.2 Å². The third-order valence-corrected chi connectivity index (χ3v) is 4.43. The van der Waals surface area contributed by atoms with Crippen molar-refractivity contribution in [3.8, 4) is 0 Å². The van der Waals surface area contributed by atoms with E-state index in [0.717, 1.165) is 11.3 Å². The summed E-state index contributed by atoms with van der Waals surface area (Å²) in [6.45, 7) is 0.460. The lowest BCUT2D eigenvalue weighted by molar-refractivity contribution is 0.0964. The molecule has 1 aliphatic rings. The zero-order valence-electron chi connectivity index (χ0n) is 13.6. The van der Waals surface area contributed by atoms with Crippen molar-refractivity contribution >= 4 is 17.5 Å². The maximum Gasteiger partial charge on any atom is 0.225 e. The van der Waals surface area contributed by atoms with Crippen LogP contribution in [0.5, 0.6) is 0 Å². The summed E-state index contributed by atoms with van der Waals surface area (Å²) in [4.78, 5) is 21.3. The number of carbonyl (C=O) groups is 1. The van der Waals surface area contributed by atoms with Crippen LogP contribution in [0.25, 0.3) is 0 Å². The lowest BCUT2D eigenvalue weighted by atomic mass is 9.82. The minimum absolute atomic E-state index is 0.00480. The van der Waals surface area contributed by atoms with Crippen LogP contribution in [0.1, 0.15) is 39.7 Å². The van der Waals surface area contributed by atoms with Gasteiger partial charge in [0.1, 0.15) is 11.6 Å². The van der Waals surface area contributed by atoms with Crippen molar-refractivity contribution in [2.45, 2.75) is 25.3 Å². The molecule has 0 saturated carbocycles. The van der Waals surface area contributed by atoms with Crippen LogP contribution in [0.15, 0.2) is 53.1 Å². The number of carbonyl (C=O) groups excluding carboxylic acids is 1. The first kappa shape index (κ1) is 15.4. The minimum Gasteiger partial charge on any atom is -0.467 e. The third-order valence-electron chi connectivity index (χ3n) is 4.43. The number of nitrogens with two attached hydrogens (primary N) is 1. The molecule has 0 saturated heterocycles. The number of furan rings is 1. The van der Waals surface area contributed by atoms with Gasteiger partial charge in [0.25, 0.3) is 0 Å². The number of hydrogen-bond donors (Lipinski definition) is 2. The lowest BCUT2D eigenvalue weighted by Crippen LogP contribution is -2.23. The predicted molar refractivity (Wildman–Crippen MR) is 94.3 cm³/mol. The number of aromatic nitrogens is 2. The predicted octanol–water partition coefficient (Wildman–Crippen LogP) is 3.18. The molecular weight excluding hydrogens is 316 g/mol. The Morgan fingerprint density at radius 1 is 1.12 bits per heavy atom. The number of Topliss-reactive ketones (excluding diaryl/α,β-unsaturated/α-hetero) is 1. The van der Waals surface area contributed by atoms with Gasteiger partial charge in [-0.25, -0.2) is 4.98 Å². The molecular formula is C19H18N4O2. The maximum atomic E-state index is 12.6. The van der Waals surface area contributed by atoms with E-state index in [0.29, 0.717) is 36.6 Å². The average Bonchev–Trinajstić information content (AvgIpc) is 3.13. The van der Waals surface area contributed by atoms with E-state index >= 15 is 0 Å². The van der Waals surface area contributed by atoms with Crippen LogP contribution >= 0.6 is 0 Å². The van der Waals surface area contributed by atoms with Gasteiger partial charge in [-0.05, 0) is 30.0 Å². The van der Waals surface area contributed by atoms with Crippen molar-refractivity contribution in [1.82, 2.24) is 9.97 Å². The largest absolute Gasteiger partial charge is 0.467 e. The highest BCUT2D eigenvalue weighted by atomic mass is 16.3. The van der Waals surface area contributed by atoms with E-state index in [1.54, 1.807) is 6.26 Å². The molecule has 25 heavy (non-hydrogen) atoms. The molecule has 0 spiro atoms. The topological polar surface area (TPSA) is 94.0 Å². The molecule has 3 aromatic rings. The number of ketones is 1. The molecule has 2 heterocycles. The number of fused-ring (bicyclic) bond motifs is 1. The maximum absolute atomic E-state index is 12.6. The van der Waals surface area contributed by atoms with Gasteiger partial charge < -0.3 is 15.5 Å². The fourth-order valence-corrected chi connectivity index (χ4v) is 3.23. The SMILES string of the molecule is Nc1nc(NCc2ccco2)nc2c1C(=O)CC(c1ccccc1)C2. The van der Waals surface area contributed by atoms with Gasteiger partial charge in [-0.15, -0.1) is 0 Å². The highest BCUT2D eigenvalue weighted by Crippen LogP contribution is 2.34. The summed E-state index contributed by atoms with van der Waals surface area (Å²) in [5.41, 5.74) is 8.35. The molecule has 0 amide bonds. The van der Waals surface area contributed by atoms with Gasteiger partial charge in [-0.3, -0.25) is 4.79 Å². The highest BCUT2D eigenvalue weighted by Gasteiger charge is 2.30. The molecule has 6 heteroatoms. The van der Waals surface area contributed by atoms with Crippen LogP contribution in [0, 0.1) is 0 Å². The first-order chi connectivity index (χ1) is 12.2. The molecule has 3 N–H and O–H groups in total. The summed E-state index contributed by atoms with van der Waals surface area (Å²) < 4.78 is 5.29. The number of benzene rings is 1. The number of hydrogen-bond acceptors (Lipinski definition) is 6. The van der Waals surface area contributed by atoms with Gasteiger partial charge in [0.15, 0.2) is 5.78 Å². The molecule has 1 aliphatic carbocycles. The Hall–Kier alpha value is -3.15. The zero-order chi connectivity index (χ0) is 17.2. The molecule has 126 valence electrons. The van der Waals surface area contributed by atoms with Gasteiger partial charge in [-0.1, -0.05) is 30.3 Å². The first-order valence-corrected chi connectivity index (χ1v) is 8.21. The Morgan fingerprint density at radius 3 is 2.72 bits per heavy atom. The summed E-state index contributed by atoms with van der Waals surface area (Å²) >= 11 is 0. The van der Waals surface area contributed by atoms with Gasteiger partial charge in [-0.2, -0.15) is 4.98 Å². The van der Waals surface area contributed by atoms with E-state index in [-0.39, 0.29) is 17.5 Å². The molecule has 0 fully saturated rings. The standard InChI is InChI=1S/C19H18N4O2/c20-18-17-15(22-19(23-18)21-11-14-7-4-8-25-14)9-13(10-16(17)24)12-5-2-1-3-6-12/h1-8,13H,9-11H2,(H3,20,21,22,23). The molecule has 0 aliphatic heterocycles. The molecule has 0 bridgehead atoms. The molecule has 2 aromatic heterocycles. The molecule has 4 rings (SSSR count). The average molecular weight is 334 g/mol. The number of nitrogens with one attached hydrogen (secondary N) is 1. The quantitative estimate of drug-likeness (QED) is 0.761. The number of rotatable bonds is 4. The molecule has 6 nitrogen and oxygen atoms in total. The van der Waals surface area contributed by atoms with Crippen molar-refractivity contribution in [1.29, 1.82) is 0 Å². The third kappa shape index (κ3) is 3.10. The second kappa shape index (κ2) is 6.39. The van der Waals surface area contributed by atoms with E-state index in [9.17, 15) is 4.79 Å². The molecule has 0 radical (unpaired) electrons. The lowest BCUT2D eigenvalue weighted by Gasteiger charge is -2.24. The molecule has 1 atom stereocenters. The van der Waals surface area contributed by atoms with E-state index < -0.39 is 0 Å². The Balaban J connectivity index is 1.61. The monoisotopic (exact) mass is 334 g/mol. The van der Waals surface area contributed by atoms with Crippen LogP contribution in [-0.2, 0) is 13.0 Å². The van der Waals surface area contributed by atoms with Gasteiger partial charge in [0.2, 0.25) is 5.95 Å². The van der Waals surface area contributed by atoms with E-state index in [2.05, 4.69) is 15.3 Å². The zero-order valence-corrected chi connectivity index (χ0v) is 13.6. The first-order valence-electron chi connectivity index (χ1n) is 8.21. The van der Waals surface area contributed by atoms with Crippen molar-refractivity contribution in [2.24, 2.45) is 0 Å². The Kier molecular flexibility index (Phi) is 3.93. The minimum atomic E-state index is 0.00480. The van der Waals surface area contributed by atoms with Gasteiger partial charge in [0.05, 0.1) is 24.1 Å². The summed E-state index contributed by atoms with van der Waals surface area (Å²) in [6.07, 6.45) is 2.72. The van der Waals surface area contributed by atoms with Crippen molar-refractivity contribution in [3.63, 3.8) is 0 Å². The number of nitrogens with zero attached hydrogens (tertiary/aromatic N) is 2. The van der Waals surface area contributed by atoms with E-state index in [1.165, 1.54) is 0 Å². The Morgan fingerprint density at radius 2 is 1.96 bits per heavy atom. The van der Waals surface area contributed by atoms with E-state index in [1.807, 2.05) is 42.5 Å². The van der Waals surface area contributed by atoms with Crippen LogP contribution in [0.2, 0.25) is 0 Å².